The molecule has 82 valence electrons. The molecule has 0 aromatic carbocycles. The van der Waals surface area contributed by atoms with Gasteiger partial charge in [0.1, 0.15) is 0 Å². The summed E-state index contributed by atoms with van der Waals surface area (Å²) in [5.74, 6) is -1.12. The fourth-order valence-electron chi connectivity index (χ4n) is 0.402. The van der Waals surface area contributed by atoms with E-state index < -0.39 is 20.0 Å². The minimum Gasteiger partial charge on any atom is -0.424 e. The molecular weight excluding hydrogens is 401 g/mol. The Labute approximate surface area is 103 Å². The second kappa shape index (κ2) is 4.98. The monoisotopic (exact) mass is 402 g/mol. The van der Waals surface area contributed by atoms with Crippen LogP contribution in [-0.4, -0.2) is 14.5 Å². The van der Waals surface area contributed by atoms with Crippen LogP contribution in [0.1, 0.15) is 6.92 Å². The predicted molar refractivity (Wildman–Crippen MR) is 55.4 cm³/mol. The molecule has 0 amide bonds. The minimum absolute atomic E-state index is 0.360. The summed E-state index contributed by atoms with van der Waals surface area (Å²) in [6, 6.07) is 0. The number of ether oxygens (including phenoxy) is 1. The Kier molecular flexibility index (Phi) is 5.13. The predicted octanol–water partition coefficient (Wildman–Crippen LogP) is 3.83. The van der Waals surface area contributed by atoms with Gasteiger partial charge in [-0.05, 0) is 54.7 Å². The molecule has 0 saturated heterocycles. The van der Waals surface area contributed by atoms with Crippen molar-refractivity contribution < 1.29 is 22.7 Å². The highest BCUT2D eigenvalue weighted by molar-refractivity contribution is 9.39. The van der Waals surface area contributed by atoms with Gasteiger partial charge in [-0.1, -0.05) is 0 Å². The molecular formula is C6H4Br3F3O2. The van der Waals surface area contributed by atoms with E-state index in [4.69, 9.17) is 0 Å². The summed E-state index contributed by atoms with van der Waals surface area (Å²) in [7, 11) is 0. The van der Waals surface area contributed by atoms with E-state index >= 15 is 0 Å². The molecule has 8 heteroatoms. The van der Waals surface area contributed by atoms with Crippen molar-refractivity contribution in [1.29, 1.82) is 0 Å². The molecule has 0 rings (SSSR count). The Morgan fingerprint density at radius 2 is 1.71 bits per heavy atom. The maximum atomic E-state index is 11.9. The van der Waals surface area contributed by atoms with Gasteiger partial charge in [-0.25, -0.2) is 4.79 Å². The number of alkyl halides is 6. The van der Waals surface area contributed by atoms with Crippen molar-refractivity contribution in [3.05, 3.63) is 11.6 Å². The molecule has 0 aliphatic carbocycles. The number of carbonyl (C=O) groups excluding carboxylic acids is 1. The molecule has 0 fully saturated rings. The number of halogens is 6. The summed E-state index contributed by atoms with van der Waals surface area (Å²) < 4.78 is 38.9. The van der Waals surface area contributed by atoms with E-state index in [1.54, 1.807) is 0 Å². The van der Waals surface area contributed by atoms with Crippen LogP contribution in [0.15, 0.2) is 11.6 Å². The molecule has 0 radical (unpaired) electrons. The van der Waals surface area contributed by atoms with Crippen molar-refractivity contribution in [3.63, 3.8) is 0 Å². The summed E-state index contributed by atoms with van der Waals surface area (Å²) in [5.41, 5.74) is -1.03. The smallest absolute Gasteiger partial charge is 0.412 e. The SMILES string of the molecule is C/C(=C/C(=O)OC(Br)(Br)Br)C(F)(F)F. The van der Waals surface area contributed by atoms with Crippen LogP contribution < -0.4 is 0 Å². The van der Waals surface area contributed by atoms with Gasteiger partial charge in [-0.3, -0.25) is 0 Å². The maximum absolute atomic E-state index is 11.9. The van der Waals surface area contributed by atoms with Crippen LogP contribution in [-0.2, 0) is 9.53 Å². The molecule has 0 aliphatic rings. The summed E-state index contributed by atoms with van der Waals surface area (Å²) in [6.07, 6.45) is -4.16. The average Bonchev–Trinajstić information content (AvgIpc) is 1.79. The van der Waals surface area contributed by atoms with Crippen molar-refractivity contribution in [3.8, 4) is 0 Å². The lowest BCUT2D eigenvalue weighted by atomic mass is 10.3. The highest BCUT2D eigenvalue weighted by Crippen LogP contribution is 2.35. The second-order valence-corrected chi connectivity index (χ2v) is 8.73. The first-order valence-electron chi connectivity index (χ1n) is 3.07. The number of rotatable bonds is 1. The first-order valence-corrected chi connectivity index (χ1v) is 5.45. The van der Waals surface area contributed by atoms with Crippen LogP contribution in [0.4, 0.5) is 13.2 Å². The molecule has 0 aromatic rings. The highest BCUT2D eigenvalue weighted by atomic mass is 80.0. The maximum Gasteiger partial charge on any atom is 0.412 e. The van der Waals surface area contributed by atoms with E-state index in [9.17, 15) is 18.0 Å². The third kappa shape index (κ3) is 6.83. The fourth-order valence-corrected chi connectivity index (χ4v) is 0.881. The van der Waals surface area contributed by atoms with Gasteiger partial charge >= 0.3 is 12.1 Å². The van der Waals surface area contributed by atoms with E-state index in [0.717, 1.165) is 6.92 Å². The molecule has 0 unspecified atom stereocenters. The van der Waals surface area contributed by atoms with Crippen LogP contribution in [0.5, 0.6) is 0 Å². The van der Waals surface area contributed by atoms with Crippen molar-refractivity contribution in [1.82, 2.24) is 0 Å². The Morgan fingerprint density at radius 1 is 1.29 bits per heavy atom. The van der Waals surface area contributed by atoms with Gasteiger partial charge in [0.05, 0.1) is 0 Å². The summed E-state index contributed by atoms with van der Waals surface area (Å²) >= 11 is 8.40. The van der Waals surface area contributed by atoms with Crippen molar-refractivity contribution in [2.75, 3.05) is 0 Å². The van der Waals surface area contributed by atoms with Crippen LogP contribution in [0, 0.1) is 0 Å². The van der Waals surface area contributed by atoms with Gasteiger partial charge in [0, 0.05) is 11.6 Å². The lowest BCUT2D eigenvalue weighted by molar-refractivity contribution is -0.138. The normalized spacial score (nSPS) is 14.1. The quantitative estimate of drug-likeness (QED) is 0.377. The Bertz CT molecular complexity index is 254. The summed E-state index contributed by atoms with van der Waals surface area (Å²) in [6.45, 7) is 0.777. The topological polar surface area (TPSA) is 26.3 Å². The molecule has 0 bridgehead atoms. The van der Waals surface area contributed by atoms with Crippen LogP contribution >= 0.6 is 47.8 Å². The third-order valence-corrected chi connectivity index (χ3v) is 1.48. The lowest BCUT2D eigenvalue weighted by Gasteiger charge is -2.12. The van der Waals surface area contributed by atoms with E-state index in [1.807, 2.05) is 0 Å². The molecule has 2 nitrogen and oxygen atoms in total. The summed E-state index contributed by atoms with van der Waals surface area (Å²) in [5, 5.41) is 0. The first kappa shape index (κ1) is 14.4. The van der Waals surface area contributed by atoms with Gasteiger partial charge in [0.25, 0.3) is 2.33 Å². The van der Waals surface area contributed by atoms with Crippen LogP contribution in [0.25, 0.3) is 0 Å². The van der Waals surface area contributed by atoms with Crippen molar-refractivity contribution in [2.45, 2.75) is 15.4 Å². The van der Waals surface area contributed by atoms with E-state index in [1.165, 1.54) is 0 Å². The van der Waals surface area contributed by atoms with Gasteiger partial charge in [-0.15, -0.1) is 0 Å². The summed E-state index contributed by atoms with van der Waals surface area (Å²) in [4.78, 5) is 10.8. The second-order valence-electron chi connectivity index (χ2n) is 2.19. The standard InChI is InChI=1S/C6H4Br3F3O2/c1-3(5(10,11)12)2-4(13)14-6(7,8)9/h2H,1H3/b3-2-. The molecule has 0 atom stereocenters. The number of esters is 1. The molecule has 0 aliphatic heterocycles. The Hall–Kier alpha value is 0.440. The number of hydrogen-bond donors (Lipinski definition) is 0. The third-order valence-electron chi connectivity index (χ3n) is 0.998. The van der Waals surface area contributed by atoms with Crippen LogP contribution in [0.3, 0.4) is 0 Å². The zero-order valence-corrected chi connectivity index (χ0v) is 11.4. The zero-order valence-electron chi connectivity index (χ0n) is 6.66. The average molecular weight is 405 g/mol. The van der Waals surface area contributed by atoms with Crippen molar-refractivity contribution >= 4 is 53.8 Å². The van der Waals surface area contributed by atoms with E-state index in [2.05, 4.69) is 52.5 Å². The fraction of sp³-hybridized carbons (Fsp3) is 0.500. The number of hydrogen-bond acceptors (Lipinski definition) is 2. The largest absolute Gasteiger partial charge is 0.424 e. The molecule has 0 saturated carbocycles. The lowest BCUT2D eigenvalue weighted by Crippen LogP contribution is -2.16. The number of carbonyl (C=O) groups is 1. The van der Waals surface area contributed by atoms with Crippen molar-refractivity contribution in [2.24, 2.45) is 0 Å². The molecule has 14 heavy (non-hydrogen) atoms. The highest BCUT2D eigenvalue weighted by Gasteiger charge is 2.31. The van der Waals surface area contributed by atoms with E-state index in [-0.39, 0.29) is 0 Å². The first-order chi connectivity index (χ1) is 6.02. The van der Waals surface area contributed by atoms with Gasteiger partial charge in [0.2, 0.25) is 0 Å². The zero-order chi connectivity index (χ0) is 11.6. The van der Waals surface area contributed by atoms with Crippen LogP contribution in [0.2, 0.25) is 0 Å². The molecule has 0 heterocycles. The Balaban J connectivity index is 4.46. The Morgan fingerprint density at radius 3 is 2.00 bits per heavy atom. The molecule has 0 spiro atoms. The van der Waals surface area contributed by atoms with Gasteiger partial charge < -0.3 is 4.74 Å². The number of allylic oxidation sites excluding steroid dienone is 1. The van der Waals surface area contributed by atoms with E-state index in [0.29, 0.717) is 6.08 Å². The molecule has 0 N–H and O–H groups in total. The molecule has 0 aromatic heterocycles. The van der Waals surface area contributed by atoms with Gasteiger partial charge in [0.15, 0.2) is 0 Å². The van der Waals surface area contributed by atoms with Gasteiger partial charge in [-0.2, -0.15) is 13.2 Å². The minimum atomic E-state index is -4.52.